The molecular weight excluding hydrogens is 323 g/mol. The lowest BCUT2D eigenvalue weighted by atomic mass is 10.3. The van der Waals surface area contributed by atoms with Crippen LogP contribution in [0.4, 0.5) is 10.1 Å². The first-order chi connectivity index (χ1) is 10.7. The number of benzene rings is 1. The van der Waals surface area contributed by atoms with Crippen LogP contribution in [0.25, 0.3) is 10.7 Å². The molecule has 3 rings (SSSR count). The van der Waals surface area contributed by atoms with Gasteiger partial charge in [0.15, 0.2) is 5.82 Å². The molecular formula is C14H11FN4OS2. The highest BCUT2D eigenvalue weighted by atomic mass is 32.2. The number of nitrogens with one attached hydrogen (secondary N) is 2. The highest BCUT2D eigenvalue weighted by molar-refractivity contribution is 8.00. The molecule has 0 saturated heterocycles. The van der Waals surface area contributed by atoms with Crippen molar-refractivity contribution in [2.75, 3.05) is 5.32 Å². The number of aromatic amines is 1. The van der Waals surface area contributed by atoms with Crippen molar-refractivity contribution in [3.05, 3.63) is 47.8 Å². The van der Waals surface area contributed by atoms with Gasteiger partial charge in [-0.2, -0.15) is 0 Å². The maximum absolute atomic E-state index is 14.0. The van der Waals surface area contributed by atoms with Gasteiger partial charge in [-0.3, -0.25) is 9.89 Å². The quantitative estimate of drug-likeness (QED) is 0.700. The second kappa shape index (κ2) is 6.71. The molecule has 0 radical (unpaired) electrons. The molecule has 1 unspecified atom stereocenters. The number of aromatic nitrogens is 3. The Morgan fingerprint density at radius 1 is 1.27 bits per heavy atom. The Kier molecular flexibility index (Phi) is 4.50. The zero-order chi connectivity index (χ0) is 15.4. The molecule has 3 aromatic rings. The lowest BCUT2D eigenvalue weighted by Crippen LogP contribution is -2.21. The number of para-hydroxylation sites is 1. The summed E-state index contributed by atoms with van der Waals surface area (Å²) in [5.41, 5.74) is -1.24. The number of anilines is 1. The van der Waals surface area contributed by atoms with Gasteiger partial charge in [0.05, 0.1) is 4.88 Å². The van der Waals surface area contributed by atoms with Crippen molar-refractivity contribution < 1.29 is 9.18 Å². The predicted molar refractivity (Wildman–Crippen MR) is 85.5 cm³/mol. The van der Waals surface area contributed by atoms with Crippen LogP contribution in [0.15, 0.2) is 53.0 Å². The lowest BCUT2D eigenvalue weighted by Gasteiger charge is -2.07. The minimum atomic E-state index is -1.79. The van der Waals surface area contributed by atoms with Crippen molar-refractivity contribution in [1.82, 2.24) is 15.2 Å². The number of hydrogen-bond acceptors (Lipinski definition) is 5. The average molecular weight is 334 g/mol. The van der Waals surface area contributed by atoms with Crippen molar-refractivity contribution in [3.63, 3.8) is 0 Å². The molecule has 1 aromatic carbocycles. The Balaban J connectivity index is 1.62. The fraction of sp³-hybridized carbons (Fsp3) is 0.0714. The van der Waals surface area contributed by atoms with Crippen LogP contribution in [0, 0.1) is 0 Å². The first kappa shape index (κ1) is 14.7. The summed E-state index contributed by atoms with van der Waals surface area (Å²) < 4.78 is 14.0. The number of thioether (sulfide) groups is 1. The van der Waals surface area contributed by atoms with Gasteiger partial charge in [0.25, 0.3) is 5.91 Å². The SMILES string of the molecule is O=C(Nc1ccccc1)C(F)Sc1n[nH]c(-c2cccs2)n1. The average Bonchev–Trinajstić information content (AvgIpc) is 3.19. The molecule has 8 heteroatoms. The zero-order valence-corrected chi connectivity index (χ0v) is 12.8. The van der Waals surface area contributed by atoms with Crippen molar-refractivity contribution >= 4 is 34.7 Å². The Bertz CT molecular complexity index is 745. The Morgan fingerprint density at radius 3 is 2.82 bits per heavy atom. The molecule has 0 saturated carbocycles. The van der Waals surface area contributed by atoms with E-state index in [0.29, 0.717) is 23.3 Å². The van der Waals surface area contributed by atoms with E-state index in [9.17, 15) is 9.18 Å². The number of nitrogens with zero attached hydrogens (tertiary/aromatic N) is 2. The number of alkyl halides is 1. The first-order valence-corrected chi connectivity index (χ1v) is 8.11. The second-order valence-corrected chi connectivity index (χ2v) is 6.20. The minimum absolute atomic E-state index is 0.194. The molecule has 5 nitrogen and oxygen atoms in total. The number of H-pyrrole nitrogens is 1. The zero-order valence-electron chi connectivity index (χ0n) is 11.2. The molecule has 0 aliphatic heterocycles. The van der Waals surface area contributed by atoms with Crippen LogP contribution in [0.2, 0.25) is 0 Å². The molecule has 0 spiro atoms. The van der Waals surface area contributed by atoms with Gasteiger partial charge < -0.3 is 5.32 Å². The molecule has 0 aliphatic carbocycles. The number of hydrogen-bond donors (Lipinski definition) is 2. The summed E-state index contributed by atoms with van der Waals surface area (Å²) in [6.07, 6.45) is 0. The lowest BCUT2D eigenvalue weighted by molar-refractivity contribution is -0.118. The van der Waals surface area contributed by atoms with Crippen LogP contribution < -0.4 is 5.32 Å². The molecule has 2 N–H and O–H groups in total. The second-order valence-electron chi connectivity index (χ2n) is 4.23. The van der Waals surface area contributed by atoms with E-state index in [-0.39, 0.29) is 5.16 Å². The summed E-state index contributed by atoms with van der Waals surface area (Å²) in [4.78, 5) is 16.9. The summed E-state index contributed by atoms with van der Waals surface area (Å²) in [6, 6.07) is 12.5. The van der Waals surface area contributed by atoms with Gasteiger partial charge in [0.1, 0.15) is 0 Å². The van der Waals surface area contributed by atoms with E-state index < -0.39 is 11.4 Å². The van der Waals surface area contributed by atoms with E-state index in [1.54, 1.807) is 24.3 Å². The van der Waals surface area contributed by atoms with Crippen LogP contribution in [0.5, 0.6) is 0 Å². The standard InChI is InChI=1S/C14H11FN4OS2/c15-11(13(20)16-9-5-2-1-3-6-9)22-14-17-12(18-19-14)10-7-4-8-21-10/h1-8,11H,(H,16,20)(H,17,18,19). The van der Waals surface area contributed by atoms with Gasteiger partial charge in [-0.25, -0.2) is 9.37 Å². The molecule has 0 bridgehead atoms. The van der Waals surface area contributed by atoms with Crippen molar-refractivity contribution in [2.45, 2.75) is 10.7 Å². The van der Waals surface area contributed by atoms with Crippen molar-refractivity contribution in [3.8, 4) is 10.7 Å². The summed E-state index contributed by atoms with van der Waals surface area (Å²) >= 11 is 2.16. The number of rotatable bonds is 5. The van der Waals surface area contributed by atoms with E-state index in [1.807, 2.05) is 23.6 Å². The first-order valence-electron chi connectivity index (χ1n) is 6.35. The largest absolute Gasteiger partial charge is 0.323 e. The third-order valence-electron chi connectivity index (χ3n) is 2.68. The van der Waals surface area contributed by atoms with Crippen LogP contribution in [-0.2, 0) is 4.79 Å². The van der Waals surface area contributed by atoms with Gasteiger partial charge in [-0.05, 0) is 35.3 Å². The molecule has 2 heterocycles. The van der Waals surface area contributed by atoms with Crippen LogP contribution in [-0.4, -0.2) is 26.6 Å². The maximum Gasteiger partial charge on any atom is 0.269 e. The topological polar surface area (TPSA) is 70.7 Å². The van der Waals surface area contributed by atoms with Gasteiger partial charge in [-0.1, -0.05) is 24.3 Å². The third kappa shape index (κ3) is 3.52. The minimum Gasteiger partial charge on any atom is -0.323 e. The normalized spacial score (nSPS) is 12.0. The fourth-order valence-electron chi connectivity index (χ4n) is 1.69. The third-order valence-corrected chi connectivity index (χ3v) is 4.37. The number of carbonyl (C=O) groups excluding carboxylic acids is 1. The van der Waals surface area contributed by atoms with Crippen LogP contribution in [0.3, 0.4) is 0 Å². The number of carbonyl (C=O) groups is 1. The predicted octanol–water partition coefficient (Wildman–Crippen LogP) is 3.56. The smallest absolute Gasteiger partial charge is 0.269 e. The van der Waals surface area contributed by atoms with E-state index in [2.05, 4.69) is 20.5 Å². The Labute approximate surface area is 134 Å². The summed E-state index contributed by atoms with van der Waals surface area (Å²) in [5.74, 6) is -0.174. The van der Waals surface area contributed by atoms with Gasteiger partial charge >= 0.3 is 0 Å². The summed E-state index contributed by atoms with van der Waals surface area (Å²) in [5, 5.41) is 11.3. The van der Waals surface area contributed by atoms with E-state index >= 15 is 0 Å². The maximum atomic E-state index is 14.0. The van der Waals surface area contributed by atoms with Gasteiger partial charge in [0, 0.05) is 5.69 Å². The molecule has 0 aliphatic rings. The molecule has 1 atom stereocenters. The molecule has 1 amide bonds. The number of thiophene rings is 1. The highest BCUT2D eigenvalue weighted by Crippen LogP contribution is 2.26. The number of amides is 1. The molecule has 0 fully saturated rings. The van der Waals surface area contributed by atoms with Crippen LogP contribution in [0.1, 0.15) is 0 Å². The van der Waals surface area contributed by atoms with Crippen molar-refractivity contribution in [1.29, 1.82) is 0 Å². The van der Waals surface area contributed by atoms with Crippen molar-refractivity contribution in [2.24, 2.45) is 0 Å². The van der Waals surface area contributed by atoms with Gasteiger partial charge in [-0.15, -0.1) is 16.4 Å². The van der Waals surface area contributed by atoms with E-state index in [0.717, 1.165) is 4.88 Å². The Morgan fingerprint density at radius 2 is 2.09 bits per heavy atom. The van der Waals surface area contributed by atoms with E-state index in [1.165, 1.54) is 11.3 Å². The number of halogens is 1. The monoisotopic (exact) mass is 334 g/mol. The fourth-order valence-corrected chi connectivity index (χ4v) is 2.95. The Hall–Kier alpha value is -2.19. The van der Waals surface area contributed by atoms with Gasteiger partial charge in [0.2, 0.25) is 10.7 Å². The van der Waals surface area contributed by atoms with Crippen LogP contribution >= 0.6 is 23.1 Å². The molecule has 22 heavy (non-hydrogen) atoms. The van der Waals surface area contributed by atoms with E-state index in [4.69, 9.17) is 0 Å². The molecule has 2 aromatic heterocycles. The summed E-state index contributed by atoms with van der Waals surface area (Å²) in [6.45, 7) is 0. The molecule has 112 valence electrons. The highest BCUT2D eigenvalue weighted by Gasteiger charge is 2.21. The summed E-state index contributed by atoms with van der Waals surface area (Å²) in [7, 11) is 0.